The van der Waals surface area contributed by atoms with Crippen LogP contribution in [0.25, 0.3) is 0 Å². The lowest BCUT2D eigenvalue weighted by molar-refractivity contribution is 0.162. The van der Waals surface area contributed by atoms with E-state index < -0.39 is 0 Å². The van der Waals surface area contributed by atoms with Gasteiger partial charge in [-0.3, -0.25) is 4.90 Å². The van der Waals surface area contributed by atoms with Gasteiger partial charge >= 0.3 is 0 Å². The van der Waals surface area contributed by atoms with Crippen molar-refractivity contribution in [1.29, 1.82) is 0 Å². The van der Waals surface area contributed by atoms with Crippen LogP contribution < -0.4 is 4.74 Å². The first-order chi connectivity index (χ1) is 12.2. The molecule has 25 heavy (non-hydrogen) atoms. The Balaban J connectivity index is 1.59. The number of thiophene rings is 1. The summed E-state index contributed by atoms with van der Waals surface area (Å²) in [5.74, 6) is 1.59. The number of halogens is 1. The van der Waals surface area contributed by atoms with E-state index in [-0.39, 0.29) is 5.75 Å². The highest BCUT2D eigenvalue weighted by atomic mass is 35.5. The monoisotopic (exact) mass is 377 g/mol. The Hall–Kier alpha value is -1.23. The molecule has 1 atom stereocenters. The van der Waals surface area contributed by atoms with Crippen molar-refractivity contribution in [1.82, 2.24) is 4.90 Å². The zero-order valence-corrected chi connectivity index (χ0v) is 16.1. The minimum Gasteiger partial charge on any atom is -0.504 e. The topological polar surface area (TPSA) is 32.7 Å². The van der Waals surface area contributed by atoms with Gasteiger partial charge in [-0.05, 0) is 60.6 Å². The Kier molecular flexibility index (Phi) is 4.94. The van der Waals surface area contributed by atoms with Gasteiger partial charge in [0.05, 0.1) is 7.11 Å². The van der Waals surface area contributed by atoms with Gasteiger partial charge in [0.2, 0.25) is 0 Å². The predicted octanol–water partition coefficient (Wildman–Crippen LogP) is 4.68. The van der Waals surface area contributed by atoms with E-state index in [0.29, 0.717) is 11.8 Å². The second kappa shape index (κ2) is 7.18. The molecule has 0 amide bonds. The van der Waals surface area contributed by atoms with Crippen molar-refractivity contribution < 1.29 is 9.84 Å². The number of alkyl halides is 1. The molecule has 2 aliphatic rings. The highest BCUT2D eigenvalue weighted by Crippen LogP contribution is 2.43. The van der Waals surface area contributed by atoms with Crippen molar-refractivity contribution in [3.05, 3.63) is 44.6 Å². The highest BCUT2D eigenvalue weighted by Gasteiger charge is 2.33. The number of aryl methyl sites for hydroxylation is 1. The van der Waals surface area contributed by atoms with Crippen molar-refractivity contribution in [2.75, 3.05) is 19.5 Å². The predicted molar refractivity (Wildman–Crippen MR) is 103 cm³/mol. The number of nitrogens with zero attached hydrogens (tertiary/aromatic N) is 1. The molecule has 134 valence electrons. The summed E-state index contributed by atoms with van der Waals surface area (Å²) in [5.41, 5.74) is 4.09. The van der Waals surface area contributed by atoms with Crippen LogP contribution in [-0.4, -0.2) is 29.5 Å². The van der Waals surface area contributed by atoms with Crippen LogP contribution in [0.3, 0.4) is 0 Å². The second-order valence-electron chi connectivity index (χ2n) is 6.97. The van der Waals surface area contributed by atoms with E-state index in [0.717, 1.165) is 44.7 Å². The van der Waals surface area contributed by atoms with Gasteiger partial charge in [0.25, 0.3) is 0 Å². The molecule has 0 bridgehead atoms. The lowest BCUT2D eigenvalue weighted by atomic mass is 9.86. The Labute approximate surface area is 158 Å². The molecule has 1 N–H and O–H groups in total. The highest BCUT2D eigenvalue weighted by molar-refractivity contribution is 7.12. The van der Waals surface area contributed by atoms with Gasteiger partial charge in [0.15, 0.2) is 11.5 Å². The van der Waals surface area contributed by atoms with Crippen LogP contribution in [0.1, 0.15) is 45.3 Å². The Morgan fingerprint density at radius 2 is 2.16 bits per heavy atom. The van der Waals surface area contributed by atoms with E-state index in [1.165, 1.54) is 32.9 Å². The Morgan fingerprint density at radius 3 is 2.96 bits per heavy atom. The van der Waals surface area contributed by atoms with Crippen LogP contribution in [0.2, 0.25) is 0 Å². The molecule has 4 rings (SSSR count). The van der Waals surface area contributed by atoms with Crippen molar-refractivity contribution >= 4 is 22.9 Å². The van der Waals surface area contributed by atoms with Crippen molar-refractivity contribution in [2.24, 2.45) is 0 Å². The molecule has 0 saturated carbocycles. The lowest BCUT2D eigenvalue weighted by Gasteiger charge is -2.40. The van der Waals surface area contributed by atoms with Crippen LogP contribution in [0, 0.1) is 0 Å². The number of hydrogen-bond donors (Lipinski definition) is 1. The maximum Gasteiger partial charge on any atom is 0.160 e. The first kappa shape index (κ1) is 17.2. The maximum atomic E-state index is 10.2. The van der Waals surface area contributed by atoms with Crippen molar-refractivity contribution in [2.45, 2.75) is 44.7 Å². The van der Waals surface area contributed by atoms with E-state index in [4.69, 9.17) is 16.3 Å². The zero-order chi connectivity index (χ0) is 17.4. The summed E-state index contributed by atoms with van der Waals surface area (Å²) >= 11 is 7.77. The number of fused-ring (bicyclic) bond motifs is 4. The summed E-state index contributed by atoms with van der Waals surface area (Å²) in [4.78, 5) is 5.57. The number of benzene rings is 1. The first-order valence-corrected chi connectivity index (χ1v) is 10.3. The standard InChI is InChI=1S/C20H24ClNO2S/c1-24-19-9-13-5-7-22-12-14-8-15(4-2-3-6-21)25-20(14)11-17(22)16(13)10-18(19)23/h8-10,17,23H,2-7,11-12H2,1H3. The number of methoxy groups -OCH3 is 1. The molecule has 1 aromatic heterocycles. The van der Waals surface area contributed by atoms with E-state index in [9.17, 15) is 5.11 Å². The maximum absolute atomic E-state index is 10.2. The number of phenols is 1. The third-order valence-electron chi connectivity index (χ3n) is 5.42. The van der Waals surface area contributed by atoms with E-state index in [1.54, 1.807) is 7.11 Å². The summed E-state index contributed by atoms with van der Waals surface area (Å²) < 4.78 is 5.28. The van der Waals surface area contributed by atoms with Gasteiger partial charge in [0.1, 0.15) is 0 Å². The number of ether oxygens (including phenoxy) is 1. The number of aromatic hydroxyl groups is 1. The largest absolute Gasteiger partial charge is 0.504 e. The smallest absolute Gasteiger partial charge is 0.160 e. The van der Waals surface area contributed by atoms with Gasteiger partial charge < -0.3 is 9.84 Å². The fraction of sp³-hybridized carbons (Fsp3) is 0.500. The number of phenolic OH excluding ortho intramolecular Hbond substituents is 1. The summed E-state index contributed by atoms with van der Waals surface area (Å²) in [6.45, 7) is 2.10. The van der Waals surface area contributed by atoms with E-state index in [1.807, 2.05) is 23.5 Å². The normalized spacial score (nSPS) is 19.2. The van der Waals surface area contributed by atoms with Gasteiger partial charge in [-0.1, -0.05) is 0 Å². The molecule has 1 unspecified atom stereocenters. The van der Waals surface area contributed by atoms with E-state index in [2.05, 4.69) is 11.0 Å². The molecular weight excluding hydrogens is 354 g/mol. The van der Waals surface area contributed by atoms with Crippen LogP contribution in [0.4, 0.5) is 0 Å². The molecule has 2 aromatic rings. The van der Waals surface area contributed by atoms with Crippen LogP contribution in [0.15, 0.2) is 18.2 Å². The van der Waals surface area contributed by atoms with Crippen LogP contribution in [0.5, 0.6) is 11.5 Å². The van der Waals surface area contributed by atoms with Gasteiger partial charge in [-0.15, -0.1) is 22.9 Å². The quantitative estimate of drug-likeness (QED) is 0.606. The minimum absolute atomic E-state index is 0.252. The average Bonchev–Trinajstić information content (AvgIpc) is 3.01. The molecule has 0 radical (unpaired) electrons. The first-order valence-electron chi connectivity index (χ1n) is 9.00. The third kappa shape index (κ3) is 3.27. The molecule has 0 saturated heterocycles. The second-order valence-corrected chi connectivity index (χ2v) is 8.57. The fourth-order valence-electron chi connectivity index (χ4n) is 4.11. The summed E-state index contributed by atoms with van der Waals surface area (Å²) in [7, 11) is 1.61. The van der Waals surface area contributed by atoms with Crippen molar-refractivity contribution in [3.63, 3.8) is 0 Å². The summed E-state index contributed by atoms with van der Waals surface area (Å²) in [6, 6.07) is 6.72. The molecule has 3 heterocycles. The number of rotatable bonds is 5. The Bertz CT molecular complexity index is 773. The van der Waals surface area contributed by atoms with Crippen molar-refractivity contribution in [3.8, 4) is 11.5 Å². The Morgan fingerprint density at radius 1 is 1.28 bits per heavy atom. The van der Waals surface area contributed by atoms with Crippen LogP contribution in [-0.2, 0) is 25.8 Å². The summed E-state index contributed by atoms with van der Waals surface area (Å²) in [6.07, 6.45) is 5.47. The molecule has 3 nitrogen and oxygen atoms in total. The molecule has 0 spiro atoms. The van der Waals surface area contributed by atoms with Gasteiger partial charge in [-0.2, -0.15) is 0 Å². The van der Waals surface area contributed by atoms with Crippen LogP contribution >= 0.6 is 22.9 Å². The fourth-order valence-corrected chi connectivity index (χ4v) is 5.56. The molecule has 0 fully saturated rings. The molecule has 0 aliphatic carbocycles. The minimum atomic E-state index is 0.252. The summed E-state index contributed by atoms with van der Waals surface area (Å²) in [5, 5.41) is 10.2. The molecular formula is C20H24ClNO2S. The van der Waals surface area contributed by atoms with Gasteiger partial charge in [-0.25, -0.2) is 0 Å². The SMILES string of the molecule is COc1cc2c(cc1O)C1Cc3sc(CCCCCl)cc3CN1CC2. The molecule has 1 aromatic carbocycles. The lowest BCUT2D eigenvalue weighted by Crippen LogP contribution is -2.38. The average molecular weight is 378 g/mol. The number of hydrogen-bond acceptors (Lipinski definition) is 4. The molecule has 5 heteroatoms. The number of unbranched alkanes of at least 4 members (excludes halogenated alkanes) is 1. The van der Waals surface area contributed by atoms with E-state index >= 15 is 0 Å². The molecule has 2 aliphatic heterocycles. The zero-order valence-electron chi connectivity index (χ0n) is 14.6. The third-order valence-corrected chi connectivity index (χ3v) is 6.94. The van der Waals surface area contributed by atoms with Gasteiger partial charge in [0, 0.05) is 41.2 Å².